The molecule has 2 amide bonds. The first kappa shape index (κ1) is 20.0. The molecule has 6 nitrogen and oxygen atoms in total. The van der Waals surface area contributed by atoms with Crippen molar-refractivity contribution in [1.82, 2.24) is 10.6 Å². The Morgan fingerprint density at radius 1 is 1.04 bits per heavy atom. The van der Waals surface area contributed by atoms with Crippen LogP contribution in [0.2, 0.25) is 0 Å². The lowest BCUT2D eigenvalue weighted by atomic mass is 10.0. The number of hydrogen-bond donors (Lipinski definition) is 3. The largest absolute Gasteiger partial charge is 0.481 e. The summed E-state index contributed by atoms with van der Waals surface area (Å²) in [5.41, 5.74) is 2.56. The van der Waals surface area contributed by atoms with Gasteiger partial charge in [0.1, 0.15) is 0 Å². The molecule has 1 unspecified atom stereocenters. The van der Waals surface area contributed by atoms with E-state index in [9.17, 15) is 9.59 Å². The summed E-state index contributed by atoms with van der Waals surface area (Å²) in [6.07, 6.45) is 2.42. The van der Waals surface area contributed by atoms with Crippen LogP contribution in [0.5, 0.6) is 0 Å². The molecule has 0 aliphatic heterocycles. The van der Waals surface area contributed by atoms with Crippen molar-refractivity contribution >= 4 is 12.0 Å². The van der Waals surface area contributed by atoms with Gasteiger partial charge >= 0.3 is 12.0 Å². The Morgan fingerprint density at radius 3 is 2.37 bits per heavy atom. The average Bonchev–Trinajstić information content (AvgIpc) is 2.68. The van der Waals surface area contributed by atoms with E-state index in [1.54, 1.807) is 24.3 Å². The van der Waals surface area contributed by atoms with E-state index in [1.807, 2.05) is 30.3 Å². The highest BCUT2D eigenvalue weighted by Crippen LogP contribution is 2.16. The van der Waals surface area contributed by atoms with Gasteiger partial charge in [0.15, 0.2) is 0 Å². The van der Waals surface area contributed by atoms with Crippen LogP contribution in [-0.2, 0) is 11.2 Å². The molecule has 140 valence electrons. The van der Waals surface area contributed by atoms with Crippen molar-refractivity contribution in [1.29, 1.82) is 5.26 Å². The first-order valence-corrected chi connectivity index (χ1v) is 8.88. The third-order valence-electron chi connectivity index (χ3n) is 4.15. The summed E-state index contributed by atoms with van der Waals surface area (Å²) in [6, 6.07) is 17.7. The maximum Gasteiger partial charge on any atom is 0.315 e. The van der Waals surface area contributed by atoms with Crippen LogP contribution >= 0.6 is 0 Å². The van der Waals surface area contributed by atoms with E-state index in [-0.39, 0.29) is 12.5 Å². The summed E-state index contributed by atoms with van der Waals surface area (Å²) in [5, 5.41) is 23.3. The molecular formula is C21H23N3O3. The number of carbonyl (C=O) groups is 2. The lowest BCUT2D eigenvalue weighted by Crippen LogP contribution is -2.39. The van der Waals surface area contributed by atoms with E-state index >= 15 is 0 Å². The lowest BCUT2D eigenvalue weighted by molar-refractivity contribution is -0.137. The zero-order valence-electron chi connectivity index (χ0n) is 15.0. The molecule has 6 heteroatoms. The number of carboxylic acids is 1. The van der Waals surface area contributed by atoms with Gasteiger partial charge in [-0.15, -0.1) is 0 Å². The molecule has 0 aliphatic carbocycles. The number of unbranched alkanes of at least 4 members (excludes halogenated alkanes) is 1. The van der Waals surface area contributed by atoms with E-state index in [0.717, 1.165) is 30.4 Å². The number of aryl methyl sites for hydroxylation is 1. The second kappa shape index (κ2) is 10.6. The van der Waals surface area contributed by atoms with Gasteiger partial charge in [-0.2, -0.15) is 5.26 Å². The molecule has 2 aromatic carbocycles. The fourth-order valence-electron chi connectivity index (χ4n) is 2.72. The Bertz CT molecular complexity index is 783. The number of carboxylic acid groups (broad SMARTS) is 1. The molecule has 0 aromatic heterocycles. The van der Waals surface area contributed by atoms with Crippen LogP contribution in [0.3, 0.4) is 0 Å². The molecule has 3 N–H and O–H groups in total. The maximum atomic E-state index is 12.1. The number of benzene rings is 2. The second-order valence-electron chi connectivity index (χ2n) is 6.23. The summed E-state index contributed by atoms with van der Waals surface area (Å²) in [4.78, 5) is 23.1. The van der Waals surface area contributed by atoms with Gasteiger partial charge in [0.2, 0.25) is 0 Å². The number of hydrogen-bond acceptors (Lipinski definition) is 3. The lowest BCUT2D eigenvalue weighted by Gasteiger charge is -2.18. The standard InChI is InChI=1S/C21H23N3O3/c22-15-17-11-9-16(10-12-17)6-4-5-13-23-21(27)24-19(14-20(25)26)18-7-2-1-3-8-18/h1-3,7-12,19H,4-6,13-14H2,(H,25,26)(H2,23,24,27). The molecule has 0 radical (unpaired) electrons. The second-order valence-corrected chi connectivity index (χ2v) is 6.23. The van der Waals surface area contributed by atoms with Gasteiger partial charge in [-0.1, -0.05) is 42.5 Å². The van der Waals surface area contributed by atoms with Crippen molar-refractivity contribution in [2.45, 2.75) is 31.7 Å². The number of amides is 2. The minimum absolute atomic E-state index is 0.171. The van der Waals surface area contributed by atoms with Gasteiger partial charge in [0, 0.05) is 6.54 Å². The van der Waals surface area contributed by atoms with Crippen molar-refractivity contribution in [2.75, 3.05) is 6.54 Å². The Labute approximate surface area is 158 Å². The fourth-order valence-corrected chi connectivity index (χ4v) is 2.72. The fraction of sp³-hybridized carbons (Fsp3) is 0.286. The molecule has 0 bridgehead atoms. The van der Waals surface area contributed by atoms with Crippen LogP contribution in [0.25, 0.3) is 0 Å². The van der Waals surface area contributed by atoms with Crippen molar-refractivity contribution < 1.29 is 14.7 Å². The van der Waals surface area contributed by atoms with Crippen LogP contribution in [0.1, 0.15) is 42.0 Å². The molecule has 0 spiro atoms. The first-order chi connectivity index (χ1) is 13.1. The van der Waals surface area contributed by atoms with Gasteiger partial charge in [-0.05, 0) is 42.5 Å². The van der Waals surface area contributed by atoms with E-state index in [2.05, 4.69) is 16.7 Å². The Kier molecular flexibility index (Phi) is 7.86. The summed E-state index contributed by atoms with van der Waals surface area (Å²) in [5.74, 6) is -0.966. The third-order valence-corrected chi connectivity index (χ3v) is 4.15. The van der Waals surface area contributed by atoms with Crippen LogP contribution < -0.4 is 10.6 Å². The van der Waals surface area contributed by atoms with E-state index in [1.165, 1.54) is 0 Å². The molecular weight excluding hydrogens is 342 g/mol. The molecule has 0 heterocycles. The molecule has 2 aromatic rings. The number of aliphatic carboxylic acids is 1. The smallest absolute Gasteiger partial charge is 0.315 e. The molecule has 1 atom stereocenters. The zero-order valence-corrected chi connectivity index (χ0v) is 15.0. The highest BCUT2D eigenvalue weighted by molar-refractivity contribution is 5.76. The summed E-state index contributed by atoms with van der Waals surface area (Å²) < 4.78 is 0. The normalized spacial score (nSPS) is 11.2. The number of nitrogens with one attached hydrogen (secondary N) is 2. The van der Waals surface area contributed by atoms with Crippen LogP contribution in [-0.4, -0.2) is 23.7 Å². The van der Waals surface area contributed by atoms with Crippen molar-refractivity contribution in [3.05, 3.63) is 71.3 Å². The van der Waals surface area contributed by atoms with E-state index in [4.69, 9.17) is 10.4 Å². The third kappa shape index (κ3) is 7.20. The predicted molar refractivity (Wildman–Crippen MR) is 102 cm³/mol. The van der Waals surface area contributed by atoms with Gasteiger partial charge < -0.3 is 15.7 Å². The van der Waals surface area contributed by atoms with E-state index in [0.29, 0.717) is 12.1 Å². The van der Waals surface area contributed by atoms with Crippen LogP contribution in [0, 0.1) is 11.3 Å². The Balaban J connectivity index is 1.72. The summed E-state index contributed by atoms with van der Waals surface area (Å²) in [6.45, 7) is 0.511. The number of nitriles is 1. The van der Waals surface area contributed by atoms with Crippen molar-refractivity contribution in [3.63, 3.8) is 0 Å². The van der Waals surface area contributed by atoms with Crippen LogP contribution in [0.4, 0.5) is 4.79 Å². The molecule has 0 saturated carbocycles. The SMILES string of the molecule is N#Cc1ccc(CCCCNC(=O)NC(CC(=O)O)c2ccccc2)cc1. The number of nitrogens with zero attached hydrogens (tertiary/aromatic N) is 1. The predicted octanol–water partition coefficient (Wildman–Crippen LogP) is 3.40. The highest BCUT2D eigenvalue weighted by atomic mass is 16.4. The summed E-state index contributed by atoms with van der Waals surface area (Å²) in [7, 11) is 0. The summed E-state index contributed by atoms with van der Waals surface area (Å²) >= 11 is 0. The molecule has 2 rings (SSSR count). The maximum absolute atomic E-state index is 12.1. The Morgan fingerprint density at radius 2 is 1.74 bits per heavy atom. The van der Waals surface area contributed by atoms with Crippen LogP contribution in [0.15, 0.2) is 54.6 Å². The van der Waals surface area contributed by atoms with Crippen molar-refractivity contribution in [2.24, 2.45) is 0 Å². The Hall–Kier alpha value is -3.33. The monoisotopic (exact) mass is 365 g/mol. The number of carbonyl (C=O) groups excluding carboxylic acids is 1. The zero-order chi connectivity index (χ0) is 19.5. The quantitative estimate of drug-likeness (QED) is 0.593. The number of urea groups is 1. The highest BCUT2D eigenvalue weighted by Gasteiger charge is 2.17. The van der Waals surface area contributed by atoms with E-state index < -0.39 is 12.0 Å². The molecule has 0 fully saturated rings. The molecule has 0 saturated heterocycles. The topological polar surface area (TPSA) is 102 Å². The average molecular weight is 365 g/mol. The first-order valence-electron chi connectivity index (χ1n) is 8.88. The minimum Gasteiger partial charge on any atom is -0.481 e. The van der Waals surface area contributed by atoms with Crippen molar-refractivity contribution in [3.8, 4) is 6.07 Å². The van der Waals surface area contributed by atoms with Gasteiger partial charge in [-0.25, -0.2) is 4.79 Å². The van der Waals surface area contributed by atoms with Gasteiger partial charge in [0.05, 0.1) is 24.1 Å². The molecule has 27 heavy (non-hydrogen) atoms. The van der Waals surface area contributed by atoms with Gasteiger partial charge in [-0.3, -0.25) is 4.79 Å². The number of rotatable bonds is 9. The molecule has 0 aliphatic rings. The minimum atomic E-state index is -0.966. The van der Waals surface area contributed by atoms with Gasteiger partial charge in [0.25, 0.3) is 0 Å².